The number of thioether (sulfide) groups is 1. The number of hydrogen-bond donors (Lipinski definition) is 0. The van der Waals surface area contributed by atoms with Crippen molar-refractivity contribution in [1.82, 2.24) is 9.78 Å². The quantitative estimate of drug-likeness (QED) is 0.449. The van der Waals surface area contributed by atoms with E-state index in [1.807, 2.05) is 50.3 Å². The maximum absolute atomic E-state index is 13.2. The highest BCUT2D eigenvalue weighted by Crippen LogP contribution is 2.36. The van der Waals surface area contributed by atoms with Crippen LogP contribution in [0.25, 0.3) is 11.8 Å². The van der Waals surface area contributed by atoms with Gasteiger partial charge in [0.15, 0.2) is 4.32 Å². The number of benzene rings is 2. The second-order valence-corrected chi connectivity index (χ2v) is 8.00. The lowest BCUT2D eigenvalue weighted by Crippen LogP contribution is -2.27. The number of amides is 1. The number of nitrogens with zero attached hydrogens (tertiary/aromatic N) is 3. The Bertz CT molecular complexity index is 1100. The van der Waals surface area contributed by atoms with E-state index in [4.69, 9.17) is 12.2 Å². The number of para-hydroxylation sites is 1. The van der Waals surface area contributed by atoms with E-state index < -0.39 is 0 Å². The van der Waals surface area contributed by atoms with Gasteiger partial charge in [-0.1, -0.05) is 42.2 Å². The first-order chi connectivity index (χ1) is 13.5. The van der Waals surface area contributed by atoms with Crippen molar-refractivity contribution in [3.8, 4) is 5.69 Å². The summed E-state index contributed by atoms with van der Waals surface area (Å²) in [5, 5.41) is 4.56. The van der Waals surface area contributed by atoms with Gasteiger partial charge in [-0.2, -0.15) is 5.10 Å². The first-order valence-electron chi connectivity index (χ1n) is 8.61. The summed E-state index contributed by atoms with van der Waals surface area (Å²) in [6, 6.07) is 15.5. The van der Waals surface area contributed by atoms with Crippen molar-refractivity contribution >= 4 is 46.0 Å². The zero-order valence-electron chi connectivity index (χ0n) is 15.2. The van der Waals surface area contributed by atoms with E-state index in [1.54, 1.807) is 21.7 Å². The van der Waals surface area contributed by atoms with Crippen LogP contribution in [0.5, 0.6) is 0 Å². The van der Waals surface area contributed by atoms with Crippen LogP contribution < -0.4 is 4.90 Å². The Morgan fingerprint density at radius 2 is 1.71 bits per heavy atom. The number of hydrogen-bond acceptors (Lipinski definition) is 4. The molecule has 1 aliphatic rings. The normalized spacial score (nSPS) is 15.7. The highest BCUT2D eigenvalue weighted by Gasteiger charge is 2.33. The minimum atomic E-state index is -0.296. The molecule has 2 heterocycles. The van der Waals surface area contributed by atoms with Crippen molar-refractivity contribution in [2.24, 2.45) is 0 Å². The van der Waals surface area contributed by atoms with Crippen molar-refractivity contribution in [3.63, 3.8) is 0 Å². The Balaban J connectivity index is 1.71. The number of carbonyl (C=O) groups excluding carboxylic acids is 1. The average Bonchev–Trinajstić information content (AvgIpc) is 3.13. The fourth-order valence-electron chi connectivity index (χ4n) is 3.10. The first kappa shape index (κ1) is 18.6. The predicted octanol–water partition coefficient (Wildman–Crippen LogP) is 5.03. The monoisotopic (exact) mass is 409 g/mol. The molecule has 1 aromatic heterocycles. The Morgan fingerprint density at radius 3 is 2.39 bits per heavy atom. The molecule has 4 rings (SSSR count). The molecule has 0 saturated carbocycles. The van der Waals surface area contributed by atoms with E-state index >= 15 is 0 Å². The second kappa shape index (κ2) is 7.33. The Morgan fingerprint density at radius 1 is 1.04 bits per heavy atom. The molecular formula is C21H16FN3OS2. The molecule has 1 amide bonds. The van der Waals surface area contributed by atoms with Gasteiger partial charge >= 0.3 is 0 Å². The minimum absolute atomic E-state index is 0.144. The van der Waals surface area contributed by atoms with Crippen LogP contribution >= 0.6 is 24.0 Å². The van der Waals surface area contributed by atoms with E-state index in [0.717, 1.165) is 28.3 Å². The number of rotatable bonds is 3. The highest BCUT2D eigenvalue weighted by atomic mass is 32.2. The van der Waals surface area contributed by atoms with Crippen molar-refractivity contribution in [1.29, 1.82) is 0 Å². The van der Waals surface area contributed by atoms with E-state index in [1.165, 1.54) is 23.9 Å². The first-order valence-corrected chi connectivity index (χ1v) is 9.83. The smallest absolute Gasteiger partial charge is 0.268 e. The van der Waals surface area contributed by atoms with Crippen LogP contribution in [0.15, 0.2) is 59.5 Å². The van der Waals surface area contributed by atoms with Gasteiger partial charge in [-0.3, -0.25) is 9.69 Å². The van der Waals surface area contributed by atoms with Crippen molar-refractivity contribution in [2.75, 3.05) is 4.90 Å². The molecule has 7 heteroatoms. The van der Waals surface area contributed by atoms with Crippen molar-refractivity contribution < 1.29 is 9.18 Å². The number of aryl methyl sites for hydroxylation is 1. The van der Waals surface area contributed by atoms with Gasteiger partial charge in [0.2, 0.25) is 0 Å². The summed E-state index contributed by atoms with van der Waals surface area (Å²) < 4.78 is 15.5. The maximum atomic E-state index is 13.2. The number of carbonyl (C=O) groups is 1. The van der Waals surface area contributed by atoms with Gasteiger partial charge < -0.3 is 0 Å². The van der Waals surface area contributed by atoms with Gasteiger partial charge in [0, 0.05) is 11.3 Å². The number of aromatic nitrogens is 2. The largest absolute Gasteiger partial charge is 0.270 e. The Labute approximate surface area is 171 Å². The third-order valence-electron chi connectivity index (χ3n) is 4.50. The summed E-state index contributed by atoms with van der Waals surface area (Å²) in [7, 11) is 0. The molecule has 0 radical (unpaired) electrons. The molecule has 0 unspecified atom stereocenters. The zero-order valence-corrected chi connectivity index (χ0v) is 16.9. The van der Waals surface area contributed by atoms with E-state index in [-0.39, 0.29) is 11.7 Å². The Hall–Kier alpha value is -2.77. The molecule has 140 valence electrons. The van der Waals surface area contributed by atoms with Crippen molar-refractivity contribution in [3.05, 3.63) is 82.3 Å². The molecule has 1 fully saturated rings. The van der Waals surface area contributed by atoms with Crippen LogP contribution in [0.3, 0.4) is 0 Å². The van der Waals surface area contributed by atoms with Crippen LogP contribution in [0.2, 0.25) is 0 Å². The summed E-state index contributed by atoms with van der Waals surface area (Å²) in [5.41, 5.74) is 4.03. The molecule has 0 spiro atoms. The fraction of sp³-hybridized carbons (Fsp3) is 0.0952. The van der Waals surface area contributed by atoms with Gasteiger partial charge in [-0.05, 0) is 56.3 Å². The highest BCUT2D eigenvalue weighted by molar-refractivity contribution is 8.27. The standard InChI is InChI=1S/C21H16FN3OS2/c1-13-18(14(2)25(23-13)17-10-8-15(22)9-11-17)12-19-20(26)24(21(27)28-19)16-6-4-3-5-7-16/h3-12H,1-2H3/b19-12-. The molecule has 4 nitrogen and oxygen atoms in total. The number of halogens is 1. The predicted molar refractivity (Wildman–Crippen MR) is 115 cm³/mol. The average molecular weight is 410 g/mol. The van der Waals surface area contributed by atoms with Gasteiger partial charge in [-0.15, -0.1) is 0 Å². The summed E-state index contributed by atoms with van der Waals surface area (Å²) in [4.78, 5) is 15.0. The topological polar surface area (TPSA) is 38.1 Å². The lowest BCUT2D eigenvalue weighted by atomic mass is 10.1. The number of thiocarbonyl (C=S) groups is 1. The van der Waals surface area contributed by atoms with Crippen molar-refractivity contribution in [2.45, 2.75) is 13.8 Å². The zero-order chi connectivity index (χ0) is 19.8. The molecule has 0 bridgehead atoms. The molecule has 0 atom stereocenters. The molecule has 1 aliphatic heterocycles. The lowest BCUT2D eigenvalue weighted by Gasteiger charge is -2.13. The summed E-state index contributed by atoms with van der Waals surface area (Å²) in [6.07, 6.45) is 1.83. The molecule has 1 saturated heterocycles. The van der Waals surface area contributed by atoms with Gasteiger partial charge in [-0.25, -0.2) is 9.07 Å². The van der Waals surface area contributed by atoms with Crippen LogP contribution in [0, 0.1) is 19.7 Å². The molecule has 0 N–H and O–H groups in total. The van der Waals surface area contributed by atoms with E-state index in [2.05, 4.69) is 5.10 Å². The van der Waals surface area contributed by atoms with Gasteiger partial charge in [0.1, 0.15) is 5.82 Å². The molecular weight excluding hydrogens is 393 g/mol. The van der Waals surface area contributed by atoms with Crippen LogP contribution in [-0.4, -0.2) is 20.0 Å². The summed E-state index contributed by atoms with van der Waals surface area (Å²) in [5.74, 6) is -0.440. The van der Waals surface area contributed by atoms with Crippen LogP contribution in [0.1, 0.15) is 17.0 Å². The summed E-state index contributed by atoms with van der Waals surface area (Å²) in [6.45, 7) is 3.81. The van der Waals surface area contributed by atoms with Crippen LogP contribution in [0.4, 0.5) is 10.1 Å². The van der Waals surface area contributed by atoms with Crippen LogP contribution in [-0.2, 0) is 4.79 Å². The molecule has 2 aromatic carbocycles. The minimum Gasteiger partial charge on any atom is -0.268 e. The Kier molecular flexibility index (Phi) is 4.87. The third kappa shape index (κ3) is 3.27. The fourth-order valence-corrected chi connectivity index (χ4v) is 4.38. The summed E-state index contributed by atoms with van der Waals surface area (Å²) >= 11 is 6.70. The van der Waals surface area contributed by atoms with Gasteiger partial charge in [0.25, 0.3) is 5.91 Å². The third-order valence-corrected chi connectivity index (χ3v) is 5.80. The molecule has 0 aliphatic carbocycles. The lowest BCUT2D eigenvalue weighted by molar-refractivity contribution is -0.113. The maximum Gasteiger partial charge on any atom is 0.270 e. The van der Waals surface area contributed by atoms with E-state index in [9.17, 15) is 9.18 Å². The molecule has 3 aromatic rings. The SMILES string of the molecule is Cc1nn(-c2ccc(F)cc2)c(C)c1/C=C1\SC(=S)N(c2ccccc2)C1=O. The van der Waals surface area contributed by atoms with Gasteiger partial charge in [0.05, 0.1) is 22.0 Å². The molecule has 28 heavy (non-hydrogen) atoms. The van der Waals surface area contributed by atoms with E-state index in [0.29, 0.717) is 9.23 Å². The second-order valence-electron chi connectivity index (χ2n) is 6.33. The number of anilines is 1.